The van der Waals surface area contributed by atoms with Crippen molar-refractivity contribution >= 4 is 0 Å². The van der Waals surface area contributed by atoms with Crippen LogP contribution in [0.4, 0.5) is 0 Å². The number of hydrogen-bond acceptors (Lipinski definition) is 5. The van der Waals surface area contributed by atoms with Crippen LogP contribution < -0.4 is 9.47 Å². The Bertz CT molecular complexity index is 696. The predicted octanol–water partition coefficient (Wildman–Crippen LogP) is 2.25. The quantitative estimate of drug-likeness (QED) is 0.718. The molecule has 0 aliphatic heterocycles. The molecule has 0 fully saturated rings. The number of rotatable bonds is 5. The molecular weight excluding hydrogens is 268 g/mol. The fourth-order valence-corrected chi connectivity index (χ4v) is 1.90. The van der Waals surface area contributed by atoms with Crippen molar-refractivity contribution in [2.45, 2.75) is 6.61 Å². The van der Waals surface area contributed by atoms with E-state index in [2.05, 4.69) is 15.5 Å². The summed E-state index contributed by atoms with van der Waals surface area (Å²) < 4.78 is 12.5. The topological polar surface area (TPSA) is 62.1 Å². The maximum atomic E-state index is 5.75. The summed E-state index contributed by atoms with van der Waals surface area (Å²) in [6.07, 6.45) is 1.55. The van der Waals surface area contributed by atoms with Crippen molar-refractivity contribution in [3.05, 3.63) is 60.4 Å². The zero-order valence-electron chi connectivity index (χ0n) is 11.5. The van der Waals surface area contributed by atoms with Gasteiger partial charge in [-0.1, -0.05) is 12.1 Å². The van der Waals surface area contributed by atoms with E-state index in [0.29, 0.717) is 6.61 Å². The smallest absolute Gasteiger partial charge is 0.143 e. The highest BCUT2D eigenvalue weighted by Gasteiger charge is 2.00. The first-order valence-electron chi connectivity index (χ1n) is 6.44. The molecule has 0 saturated heterocycles. The van der Waals surface area contributed by atoms with Crippen LogP contribution in [-0.4, -0.2) is 27.3 Å². The summed E-state index contributed by atoms with van der Waals surface area (Å²) in [5, 5.41) is 11.0. The first kappa shape index (κ1) is 13.1. The predicted molar refractivity (Wildman–Crippen MR) is 76.5 cm³/mol. The van der Waals surface area contributed by atoms with Gasteiger partial charge >= 0.3 is 0 Å². The van der Waals surface area contributed by atoms with Crippen molar-refractivity contribution in [3.8, 4) is 17.2 Å². The van der Waals surface area contributed by atoms with Gasteiger partial charge in [-0.3, -0.25) is 0 Å². The molecule has 3 rings (SSSR count). The van der Waals surface area contributed by atoms with Gasteiger partial charge in [0, 0.05) is 0 Å². The molecule has 1 aromatic heterocycles. The van der Waals surface area contributed by atoms with Gasteiger partial charge in [0.15, 0.2) is 0 Å². The van der Waals surface area contributed by atoms with Gasteiger partial charge < -0.3 is 9.47 Å². The highest BCUT2D eigenvalue weighted by molar-refractivity contribution is 5.36. The van der Waals surface area contributed by atoms with E-state index in [1.165, 1.54) is 0 Å². The van der Waals surface area contributed by atoms with Gasteiger partial charge in [-0.05, 0) is 52.4 Å². The number of methoxy groups -OCH3 is 1. The minimum Gasteiger partial charge on any atom is -0.497 e. The van der Waals surface area contributed by atoms with Crippen LogP contribution >= 0.6 is 0 Å². The highest BCUT2D eigenvalue weighted by Crippen LogP contribution is 2.18. The second-order valence-corrected chi connectivity index (χ2v) is 4.39. The number of tetrazole rings is 1. The third kappa shape index (κ3) is 3.17. The Morgan fingerprint density at radius 1 is 1.05 bits per heavy atom. The summed E-state index contributed by atoms with van der Waals surface area (Å²) in [5.74, 6) is 1.61. The molecule has 6 heteroatoms. The van der Waals surface area contributed by atoms with E-state index in [9.17, 15) is 0 Å². The fraction of sp³-hybridized carbons (Fsp3) is 0.133. The monoisotopic (exact) mass is 282 g/mol. The van der Waals surface area contributed by atoms with E-state index in [4.69, 9.17) is 9.47 Å². The van der Waals surface area contributed by atoms with E-state index in [-0.39, 0.29) is 0 Å². The highest BCUT2D eigenvalue weighted by atomic mass is 16.5. The standard InChI is InChI=1S/C15H14N4O2/c1-20-15-4-2-3-12(9-15)10-21-14-7-5-13(6-8-14)19-11-16-17-18-19/h2-9,11H,10H2,1H3. The Labute approximate surface area is 121 Å². The normalized spacial score (nSPS) is 10.3. The fourth-order valence-electron chi connectivity index (χ4n) is 1.90. The largest absolute Gasteiger partial charge is 0.497 e. The molecule has 0 amide bonds. The summed E-state index contributed by atoms with van der Waals surface area (Å²) in [6.45, 7) is 0.488. The molecule has 2 aromatic carbocycles. The maximum Gasteiger partial charge on any atom is 0.143 e. The van der Waals surface area contributed by atoms with Crippen molar-refractivity contribution in [1.82, 2.24) is 20.2 Å². The van der Waals surface area contributed by atoms with Gasteiger partial charge in [0.25, 0.3) is 0 Å². The summed E-state index contributed by atoms with van der Waals surface area (Å²) in [5.41, 5.74) is 1.94. The molecule has 0 saturated carbocycles. The molecule has 0 aliphatic rings. The average Bonchev–Trinajstić information content (AvgIpc) is 3.08. The molecule has 0 radical (unpaired) electrons. The lowest BCUT2D eigenvalue weighted by atomic mass is 10.2. The van der Waals surface area contributed by atoms with Gasteiger partial charge in [0.1, 0.15) is 24.4 Å². The van der Waals surface area contributed by atoms with Crippen LogP contribution in [-0.2, 0) is 6.61 Å². The minimum absolute atomic E-state index is 0.488. The first-order chi connectivity index (χ1) is 10.3. The molecule has 0 atom stereocenters. The van der Waals surface area contributed by atoms with Gasteiger partial charge in [0.05, 0.1) is 12.8 Å². The van der Waals surface area contributed by atoms with Crippen molar-refractivity contribution in [2.24, 2.45) is 0 Å². The van der Waals surface area contributed by atoms with Gasteiger partial charge in [-0.25, -0.2) is 4.68 Å². The summed E-state index contributed by atoms with van der Waals surface area (Å²) in [4.78, 5) is 0. The Morgan fingerprint density at radius 2 is 1.90 bits per heavy atom. The third-order valence-corrected chi connectivity index (χ3v) is 2.99. The Morgan fingerprint density at radius 3 is 2.62 bits per heavy atom. The summed E-state index contributed by atoms with van der Waals surface area (Å²) >= 11 is 0. The second-order valence-electron chi connectivity index (χ2n) is 4.39. The number of hydrogen-bond donors (Lipinski definition) is 0. The molecule has 0 N–H and O–H groups in total. The number of nitrogens with zero attached hydrogens (tertiary/aromatic N) is 4. The van der Waals surface area contributed by atoms with Crippen molar-refractivity contribution in [2.75, 3.05) is 7.11 Å². The average molecular weight is 282 g/mol. The second kappa shape index (κ2) is 6.04. The van der Waals surface area contributed by atoms with E-state index in [0.717, 1.165) is 22.7 Å². The molecule has 0 bridgehead atoms. The Balaban J connectivity index is 1.65. The molecule has 6 nitrogen and oxygen atoms in total. The first-order valence-corrected chi connectivity index (χ1v) is 6.44. The molecule has 0 spiro atoms. The van der Waals surface area contributed by atoms with Crippen LogP contribution in [0.2, 0.25) is 0 Å². The summed E-state index contributed by atoms with van der Waals surface area (Å²) in [7, 11) is 1.65. The molecule has 1 heterocycles. The lowest BCUT2D eigenvalue weighted by Crippen LogP contribution is -1.98. The van der Waals surface area contributed by atoms with E-state index < -0.39 is 0 Å². The molecule has 0 aliphatic carbocycles. The molecule has 3 aromatic rings. The van der Waals surface area contributed by atoms with Crippen molar-refractivity contribution < 1.29 is 9.47 Å². The van der Waals surface area contributed by atoms with Crippen molar-refractivity contribution in [1.29, 1.82) is 0 Å². The number of benzene rings is 2. The number of aromatic nitrogens is 4. The Kier molecular flexibility index (Phi) is 3.77. The van der Waals surface area contributed by atoms with Crippen LogP contribution in [0.1, 0.15) is 5.56 Å². The molecular formula is C15H14N4O2. The van der Waals surface area contributed by atoms with Crippen LogP contribution in [0.5, 0.6) is 11.5 Å². The third-order valence-electron chi connectivity index (χ3n) is 2.99. The minimum atomic E-state index is 0.488. The Hall–Kier alpha value is -2.89. The summed E-state index contributed by atoms with van der Waals surface area (Å²) in [6, 6.07) is 15.4. The van der Waals surface area contributed by atoms with E-state index in [1.807, 2.05) is 48.5 Å². The van der Waals surface area contributed by atoms with Crippen LogP contribution in [0.3, 0.4) is 0 Å². The van der Waals surface area contributed by atoms with Crippen molar-refractivity contribution in [3.63, 3.8) is 0 Å². The molecule has 0 unspecified atom stereocenters. The van der Waals surface area contributed by atoms with Gasteiger partial charge in [0.2, 0.25) is 0 Å². The lowest BCUT2D eigenvalue weighted by molar-refractivity contribution is 0.305. The van der Waals surface area contributed by atoms with Gasteiger partial charge in [-0.2, -0.15) is 0 Å². The maximum absolute atomic E-state index is 5.75. The molecule has 21 heavy (non-hydrogen) atoms. The van der Waals surface area contributed by atoms with E-state index >= 15 is 0 Å². The molecule has 106 valence electrons. The lowest BCUT2D eigenvalue weighted by Gasteiger charge is -2.08. The van der Waals surface area contributed by atoms with Crippen LogP contribution in [0.15, 0.2) is 54.9 Å². The SMILES string of the molecule is COc1cccc(COc2ccc(-n3cnnn3)cc2)c1. The van der Waals surface area contributed by atoms with Crippen LogP contribution in [0.25, 0.3) is 5.69 Å². The van der Waals surface area contributed by atoms with Gasteiger partial charge in [-0.15, -0.1) is 5.10 Å². The zero-order valence-corrected chi connectivity index (χ0v) is 11.5. The zero-order chi connectivity index (χ0) is 14.5. The van der Waals surface area contributed by atoms with E-state index in [1.54, 1.807) is 18.1 Å². The van der Waals surface area contributed by atoms with Crippen LogP contribution in [0, 0.1) is 0 Å². The number of ether oxygens (including phenoxy) is 2.